The van der Waals surface area contributed by atoms with Crippen LogP contribution in [0.15, 0.2) is 24.3 Å². The monoisotopic (exact) mass is 415 g/mol. The van der Waals surface area contributed by atoms with Gasteiger partial charge in [-0.2, -0.15) is 0 Å². The molecule has 9 heteroatoms. The van der Waals surface area contributed by atoms with E-state index in [2.05, 4.69) is 5.32 Å². The van der Waals surface area contributed by atoms with Crippen molar-refractivity contribution in [1.29, 1.82) is 0 Å². The van der Waals surface area contributed by atoms with E-state index in [1.54, 1.807) is 24.0 Å². The van der Waals surface area contributed by atoms with Crippen molar-refractivity contribution in [1.82, 2.24) is 4.90 Å². The summed E-state index contributed by atoms with van der Waals surface area (Å²) in [6, 6.07) is 5.47. The Hall–Kier alpha value is -3.20. The van der Waals surface area contributed by atoms with Gasteiger partial charge < -0.3 is 30.2 Å². The van der Waals surface area contributed by atoms with Gasteiger partial charge in [0.05, 0.1) is 18.8 Å². The summed E-state index contributed by atoms with van der Waals surface area (Å²) in [7, 11) is 0. The molecule has 2 aliphatic heterocycles. The van der Waals surface area contributed by atoms with E-state index < -0.39 is 0 Å². The Morgan fingerprint density at radius 3 is 3.00 bits per heavy atom. The Morgan fingerprint density at radius 1 is 1.34 bits per heavy atom. The van der Waals surface area contributed by atoms with Crippen LogP contribution in [0.2, 0.25) is 0 Å². The van der Waals surface area contributed by atoms with E-state index in [0.29, 0.717) is 48.3 Å². The van der Waals surface area contributed by atoms with Crippen LogP contribution in [0.1, 0.15) is 22.9 Å². The van der Waals surface area contributed by atoms with Crippen molar-refractivity contribution in [3.63, 3.8) is 0 Å². The topological polar surface area (TPSA) is 103 Å². The number of anilines is 2. The normalized spacial score (nSPS) is 14.7. The minimum absolute atomic E-state index is 0.207. The number of amides is 2. The summed E-state index contributed by atoms with van der Waals surface area (Å²) in [5, 5.41) is 3.43. The van der Waals surface area contributed by atoms with E-state index in [9.17, 15) is 9.59 Å². The van der Waals surface area contributed by atoms with Crippen LogP contribution >= 0.6 is 11.3 Å². The molecule has 1 aromatic carbocycles. The molecule has 0 spiro atoms. The molecule has 2 aromatic rings. The SMILES string of the molecule is CCOC(=O)N1CCc2c(sc(NC(=O)/C=C/c3ccc4c(c3)OCO4)c2N)C1. The lowest BCUT2D eigenvalue weighted by Crippen LogP contribution is -2.35. The molecule has 152 valence electrons. The van der Waals surface area contributed by atoms with Gasteiger partial charge in [0.2, 0.25) is 12.7 Å². The van der Waals surface area contributed by atoms with Crippen molar-refractivity contribution in [3.8, 4) is 11.5 Å². The van der Waals surface area contributed by atoms with Gasteiger partial charge in [0.15, 0.2) is 11.5 Å². The lowest BCUT2D eigenvalue weighted by Gasteiger charge is -2.26. The van der Waals surface area contributed by atoms with Crippen molar-refractivity contribution < 1.29 is 23.8 Å². The lowest BCUT2D eigenvalue weighted by atomic mass is 10.1. The number of carbonyl (C=O) groups is 2. The van der Waals surface area contributed by atoms with E-state index in [-0.39, 0.29) is 18.8 Å². The number of hydrogen-bond acceptors (Lipinski definition) is 7. The molecule has 0 atom stereocenters. The van der Waals surface area contributed by atoms with Crippen molar-refractivity contribution in [2.24, 2.45) is 0 Å². The predicted molar refractivity (Wildman–Crippen MR) is 110 cm³/mol. The van der Waals surface area contributed by atoms with E-state index >= 15 is 0 Å². The van der Waals surface area contributed by atoms with Crippen LogP contribution in [0.3, 0.4) is 0 Å². The van der Waals surface area contributed by atoms with Crippen LogP contribution < -0.4 is 20.5 Å². The molecule has 8 nitrogen and oxygen atoms in total. The van der Waals surface area contributed by atoms with Gasteiger partial charge in [0.1, 0.15) is 5.00 Å². The minimum Gasteiger partial charge on any atom is -0.454 e. The first kappa shape index (κ1) is 19.1. The molecule has 0 unspecified atom stereocenters. The van der Waals surface area contributed by atoms with Crippen LogP contribution in [0, 0.1) is 0 Å². The zero-order chi connectivity index (χ0) is 20.4. The Labute approximate surface area is 171 Å². The number of rotatable bonds is 4. The minimum atomic E-state index is -0.331. The van der Waals surface area contributed by atoms with Crippen molar-refractivity contribution in [2.75, 3.05) is 31.0 Å². The molecule has 0 fully saturated rings. The van der Waals surface area contributed by atoms with Crippen molar-refractivity contribution in [3.05, 3.63) is 40.3 Å². The van der Waals surface area contributed by atoms with E-state index in [1.807, 2.05) is 12.1 Å². The molecule has 3 heterocycles. The fraction of sp³-hybridized carbons (Fsp3) is 0.300. The number of nitrogens with one attached hydrogen (secondary N) is 1. The summed E-state index contributed by atoms with van der Waals surface area (Å²) in [4.78, 5) is 26.9. The standard InChI is InChI=1S/C20H21N3O5S/c1-2-26-20(25)23-8-7-13-16(10-23)29-19(18(13)21)22-17(24)6-4-12-3-5-14-15(9-12)28-11-27-14/h3-6,9H,2,7-8,10-11,21H2,1H3,(H,22,24)/b6-4+. The van der Waals surface area contributed by atoms with Gasteiger partial charge in [0.25, 0.3) is 0 Å². The second-order valence-electron chi connectivity index (χ2n) is 6.55. The number of ether oxygens (including phenoxy) is 3. The maximum absolute atomic E-state index is 12.4. The molecule has 29 heavy (non-hydrogen) atoms. The molecule has 0 bridgehead atoms. The number of nitrogen functional groups attached to an aromatic ring is 1. The second kappa shape index (κ2) is 8.04. The quantitative estimate of drug-likeness (QED) is 0.743. The smallest absolute Gasteiger partial charge is 0.410 e. The molecule has 4 rings (SSSR count). The van der Waals surface area contributed by atoms with Gasteiger partial charge >= 0.3 is 6.09 Å². The first-order valence-electron chi connectivity index (χ1n) is 9.25. The van der Waals surface area contributed by atoms with Crippen LogP contribution in [0.25, 0.3) is 6.08 Å². The summed E-state index contributed by atoms with van der Waals surface area (Å²) >= 11 is 1.39. The Balaban J connectivity index is 1.42. The van der Waals surface area contributed by atoms with E-state index in [1.165, 1.54) is 17.4 Å². The molecule has 1 aromatic heterocycles. The molecule has 3 N–H and O–H groups in total. The first-order chi connectivity index (χ1) is 14.0. The Bertz CT molecular complexity index is 985. The zero-order valence-electron chi connectivity index (χ0n) is 15.9. The molecule has 0 aliphatic carbocycles. The number of nitrogens with two attached hydrogens (primary N) is 1. The van der Waals surface area contributed by atoms with Gasteiger partial charge in [-0.25, -0.2) is 4.79 Å². The van der Waals surface area contributed by atoms with Crippen LogP contribution in [0.5, 0.6) is 11.5 Å². The summed E-state index contributed by atoms with van der Waals surface area (Å²) in [5.41, 5.74) is 8.61. The average Bonchev–Trinajstić information content (AvgIpc) is 3.30. The number of nitrogens with zero attached hydrogens (tertiary/aromatic N) is 1. The van der Waals surface area contributed by atoms with Crippen molar-refractivity contribution >= 4 is 40.1 Å². The molecule has 0 saturated heterocycles. The lowest BCUT2D eigenvalue weighted by molar-refractivity contribution is -0.111. The Morgan fingerprint density at radius 2 is 2.17 bits per heavy atom. The molecule has 0 saturated carbocycles. The van der Waals surface area contributed by atoms with Gasteiger partial charge in [-0.1, -0.05) is 6.07 Å². The highest BCUT2D eigenvalue weighted by atomic mass is 32.1. The highest BCUT2D eigenvalue weighted by Gasteiger charge is 2.26. The second-order valence-corrected chi connectivity index (χ2v) is 7.66. The van der Waals surface area contributed by atoms with E-state index in [0.717, 1.165) is 16.0 Å². The Kier molecular flexibility index (Phi) is 5.30. The van der Waals surface area contributed by atoms with Gasteiger partial charge in [-0.15, -0.1) is 11.3 Å². The molecular weight excluding hydrogens is 394 g/mol. The maximum Gasteiger partial charge on any atom is 0.410 e. The number of hydrogen-bond donors (Lipinski definition) is 2. The summed E-state index contributed by atoms with van der Waals surface area (Å²) in [6.45, 7) is 3.31. The summed E-state index contributed by atoms with van der Waals surface area (Å²) in [6.07, 6.45) is 3.45. The van der Waals surface area contributed by atoms with Crippen LogP contribution in [0.4, 0.5) is 15.5 Å². The molecule has 2 aliphatic rings. The number of carbonyl (C=O) groups excluding carboxylic acids is 2. The third-order valence-electron chi connectivity index (χ3n) is 4.68. The predicted octanol–water partition coefficient (Wildman–Crippen LogP) is 3.23. The number of thiophene rings is 1. The maximum atomic E-state index is 12.4. The van der Waals surface area contributed by atoms with Gasteiger partial charge in [0, 0.05) is 17.5 Å². The molecule has 2 amide bonds. The highest BCUT2D eigenvalue weighted by molar-refractivity contribution is 7.17. The number of fused-ring (bicyclic) bond motifs is 2. The zero-order valence-corrected chi connectivity index (χ0v) is 16.7. The number of benzene rings is 1. The van der Waals surface area contributed by atoms with Crippen LogP contribution in [-0.4, -0.2) is 36.8 Å². The van der Waals surface area contributed by atoms with E-state index in [4.69, 9.17) is 19.9 Å². The van der Waals surface area contributed by atoms with Crippen molar-refractivity contribution in [2.45, 2.75) is 19.9 Å². The molecular formula is C20H21N3O5S. The fourth-order valence-corrected chi connectivity index (χ4v) is 4.42. The molecule has 0 radical (unpaired) electrons. The summed E-state index contributed by atoms with van der Waals surface area (Å²) in [5.74, 6) is 1.07. The van der Waals surface area contributed by atoms with Gasteiger partial charge in [-0.3, -0.25) is 4.79 Å². The fourth-order valence-electron chi connectivity index (χ4n) is 3.23. The summed E-state index contributed by atoms with van der Waals surface area (Å²) < 4.78 is 15.7. The third-order valence-corrected chi connectivity index (χ3v) is 5.83. The third kappa shape index (κ3) is 4.00. The average molecular weight is 415 g/mol. The highest BCUT2D eigenvalue weighted by Crippen LogP contribution is 2.39. The van der Waals surface area contributed by atoms with Crippen LogP contribution in [-0.2, 0) is 22.5 Å². The van der Waals surface area contributed by atoms with Gasteiger partial charge in [-0.05, 0) is 42.7 Å². The largest absolute Gasteiger partial charge is 0.454 e. The first-order valence-corrected chi connectivity index (χ1v) is 10.1.